The Hall–Kier alpha value is -1.43. The third-order valence-corrected chi connectivity index (χ3v) is 4.64. The molecule has 1 atom stereocenters. The summed E-state index contributed by atoms with van der Waals surface area (Å²) in [6, 6.07) is 7.57. The predicted molar refractivity (Wildman–Crippen MR) is 86.8 cm³/mol. The van der Waals surface area contributed by atoms with Crippen LogP contribution in [0.25, 0.3) is 11.3 Å². The van der Waals surface area contributed by atoms with Crippen molar-refractivity contribution < 1.29 is 4.79 Å². The normalized spacial score (nSPS) is 18.4. The molecule has 4 nitrogen and oxygen atoms in total. The molecule has 2 aromatic rings. The van der Waals surface area contributed by atoms with Crippen molar-refractivity contribution in [1.29, 1.82) is 0 Å². The molecule has 1 saturated heterocycles. The number of aromatic nitrogens is 1. The van der Waals surface area contributed by atoms with Crippen LogP contribution < -0.4 is 10.6 Å². The average molecular weight is 322 g/mol. The van der Waals surface area contributed by atoms with Gasteiger partial charge in [-0.15, -0.1) is 11.3 Å². The Morgan fingerprint density at radius 2 is 2.29 bits per heavy atom. The molecule has 21 heavy (non-hydrogen) atoms. The van der Waals surface area contributed by atoms with Gasteiger partial charge in [-0.2, -0.15) is 0 Å². The summed E-state index contributed by atoms with van der Waals surface area (Å²) in [5, 5.41) is 9.35. The molecule has 0 bridgehead atoms. The van der Waals surface area contributed by atoms with E-state index >= 15 is 0 Å². The molecule has 0 radical (unpaired) electrons. The summed E-state index contributed by atoms with van der Waals surface area (Å²) in [6.45, 7) is 1.74. The maximum absolute atomic E-state index is 12.2. The zero-order chi connectivity index (χ0) is 14.7. The van der Waals surface area contributed by atoms with Gasteiger partial charge < -0.3 is 10.6 Å². The minimum absolute atomic E-state index is 0.0337. The Labute approximate surface area is 132 Å². The maximum atomic E-state index is 12.2. The summed E-state index contributed by atoms with van der Waals surface area (Å²) in [4.78, 5) is 16.6. The van der Waals surface area contributed by atoms with Gasteiger partial charge in [-0.1, -0.05) is 29.8 Å². The predicted octanol–water partition coefficient (Wildman–Crippen LogP) is 3.40. The number of carbonyl (C=O) groups excluding carboxylic acids is 1. The van der Waals surface area contributed by atoms with Crippen molar-refractivity contribution in [1.82, 2.24) is 10.3 Å². The summed E-state index contributed by atoms with van der Waals surface area (Å²) in [5.74, 6) is 0.0775. The fourth-order valence-corrected chi connectivity index (χ4v) is 3.35. The van der Waals surface area contributed by atoms with Crippen LogP contribution in [-0.4, -0.2) is 24.0 Å². The minimum Gasteiger partial charge on any atom is -0.316 e. The number of halogens is 1. The van der Waals surface area contributed by atoms with Crippen molar-refractivity contribution in [3.63, 3.8) is 0 Å². The smallest absolute Gasteiger partial charge is 0.230 e. The second kappa shape index (κ2) is 6.56. The van der Waals surface area contributed by atoms with Crippen molar-refractivity contribution in [3.8, 4) is 11.3 Å². The van der Waals surface area contributed by atoms with Crippen LogP contribution in [0.1, 0.15) is 12.8 Å². The summed E-state index contributed by atoms with van der Waals surface area (Å²) >= 11 is 7.59. The Bertz CT molecular complexity index is 637. The molecule has 1 unspecified atom stereocenters. The quantitative estimate of drug-likeness (QED) is 0.911. The first-order valence-corrected chi connectivity index (χ1v) is 8.22. The van der Waals surface area contributed by atoms with Gasteiger partial charge in [-0.3, -0.25) is 4.79 Å². The molecular formula is C15H16ClN3OS. The van der Waals surface area contributed by atoms with E-state index in [1.807, 2.05) is 29.6 Å². The van der Waals surface area contributed by atoms with E-state index in [-0.39, 0.29) is 11.8 Å². The van der Waals surface area contributed by atoms with Gasteiger partial charge in [0.2, 0.25) is 5.91 Å². The summed E-state index contributed by atoms with van der Waals surface area (Å²) in [6.07, 6.45) is 1.97. The van der Waals surface area contributed by atoms with E-state index in [0.717, 1.165) is 37.2 Å². The summed E-state index contributed by atoms with van der Waals surface area (Å²) < 4.78 is 0. The highest BCUT2D eigenvalue weighted by Crippen LogP contribution is 2.30. The average Bonchev–Trinajstić information content (AvgIpc) is 2.97. The SMILES string of the molecule is O=C(Nc1nc(-c2ccccc2Cl)cs1)C1CCCNC1. The molecule has 1 fully saturated rings. The van der Waals surface area contributed by atoms with E-state index in [1.54, 1.807) is 0 Å². The first-order valence-electron chi connectivity index (χ1n) is 6.96. The van der Waals surface area contributed by atoms with Crippen molar-refractivity contribution in [2.45, 2.75) is 12.8 Å². The zero-order valence-corrected chi connectivity index (χ0v) is 13.0. The lowest BCUT2D eigenvalue weighted by atomic mass is 9.99. The topological polar surface area (TPSA) is 54.0 Å². The first kappa shape index (κ1) is 14.5. The van der Waals surface area contributed by atoms with Crippen LogP contribution >= 0.6 is 22.9 Å². The Balaban J connectivity index is 1.70. The van der Waals surface area contributed by atoms with Crippen LogP contribution in [0, 0.1) is 5.92 Å². The van der Waals surface area contributed by atoms with Crippen molar-refractivity contribution in [2.24, 2.45) is 5.92 Å². The number of piperidine rings is 1. The second-order valence-corrected chi connectivity index (χ2v) is 6.32. The maximum Gasteiger partial charge on any atom is 0.230 e. The highest BCUT2D eigenvalue weighted by atomic mass is 35.5. The van der Waals surface area contributed by atoms with Gasteiger partial charge in [0.1, 0.15) is 0 Å². The minimum atomic E-state index is 0.0337. The number of nitrogens with zero attached hydrogens (tertiary/aromatic N) is 1. The van der Waals surface area contributed by atoms with Crippen LogP contribution in [0.2, 0.25) is 5.02 Å². The molecule has 2 N–H and O–H groups in total. The summed E-state index contributed by atoms with van der Waals surface area (Å²) in [5.41, 5.74) is 1.68. The molecule has 110 valence electrons. The molecule has 6 heteroatoms. The summed E-state index contributed by atoms with van der Waals surface area (Å²) in [7, 11) is 0. The van der Waals surface area contributed by atoms with Gasteiger partial charge >= 0.3 is 0 Å². The molecule has 1 aromatic carbocycles. The number of anilines is 1. The van der Waals surface area contributed by atoms with E-state index in [0.29, 0.717) is 10.2 Å². The highest BCUT2D eigenvalue weighted by molar-refractivity contribution is 7.14. The van der Waals surface area contributed by atoms with Crippen LogP contribution in [-0.2, 0) is 4.79 Å². The number of amides is 1. The van der Waals surface area contributed by atoms with E-state index in [4.69, 9.17) is 11.6 Å². The Morgan fingerprint density at radius 1 is 1.43 bits per heavy atom. The van der Waals surface area contributed by atoms with Crippen LogP contribution in [0.15, 0.2) is 29.6 Å². The number of rotatable bonds is 3. The van der Waals surface area contributed by atoms with E-state index in [2.05, 4.69) is 15.6 Å². The Kier molecular flexibility index (Phi) is 4.53. The monoisotopic (exact) mass is 321 g/mol. The largest absolute Gasteiger partial charge is 0.316 e. The van der Waals surface area contributed by atoms with Gasteiger partial charge in [0, 0.05) is 22.5 Å². The van der Waals surface area contributed by atoms with Crippen LogP contribution in [0.3, 0.4) is 0 Å². The molecule has 1 aliphatic rings. The number of hydrogen-bond donors (Lipinski definition) is 2. The van der Waals surface area contributed by atoms with E-state index < -0.39 is 0 Å². The number of carbonyl (C=O) groups is 1. The van der Waals surface area contributed by atoms with Gasteiger partial charge in [-0.25, -0.2) is 4.98 Å². The van der Waals surface area contributed by atoms with Crippen molar-refractivity contribution >= 4 is 34.0 Å². The number of hydrogen-bond acceptors (Lipinski definition) is 4. The first-order chi connectivity index (χ1) is 10.2. The lowest BCUT2D eigenvalue weighted by molar-refractivity contribution is -0.120. The molecule has 0 aliphatic carbocycles. The highest BCUT2D eigenvalue weighted by Gasteiger charge is 2.21. The van der Waals surface area contributed by atoms with Crippen molar-refractivity contribution in [2.75, 3.05) is 18.4 Å². The molecule has 0 spiro atoms. The van der Waals surface area contributed by atoms with E-state index in [9.17, 15) is 4.79 Å². The standard InChI is InChI=1S/C15H16ClN3OS/c16-12-6-2-1-5-11(12)13-9-21-15(18-13)19-14(20)10-4-3-7-17-8-10/h1-2,5-6,9-10,17H,3-4,7-8H2,(H,18,19,20). The Morgan fingerprint density at radius 3 is 3.05 bits per heavy atom. The fourth-order valence-electron chi connectivity index (χ4n) is 2.41. The second-order valence-electron chi connectivity index (χ2n) is 5.05. The van der Waals surface area contributed by atoms with Crippen LogP contribution in [0.4, 0.5) is 5.13 Å². The van der Waals surface area contributed by atoms with Gasteiger partial charge in [-0.05, 0) is 25.5 Å². The molecule has 1 amide bonds. The molecule has 1 aliphatic heterocycles. The molecule has 0 saturated carbocycles. The molecule has 1 aromatic heterocycles. The number of nitrogens with one attached hydrogen (secondary N) is 2. The van der Waals surface area contributed by atoms with Crippen LogP contribution in [0.5, 0.6) is 0 Å². The third-order valence-electron chi connectivity index (χ3n) is 3.55. The van der Waals surface area contributed by atoms with Crippen molar-refractivity contribution in [3.05, 3.63) is 34.7 Å². The van der Waals surface area contributed by atoms with Gasteiger partial charge in [0.25, 0.3) is 0 Å². The lowest BCUT2D eigenvalue weighted by Crippen LogP contribution is -2.37. The molecule has 3 rings (SSSR count). The third kappa shape index (κ3) is 3.43. The number of benzene rings is 1. The fraction of sp³-hybridized carbons (Fsp3) is 0.333. The zero-order valence-electron chi connectivity index (χ0n) is 11.4. The molecular weight excluding hydrogens is 306 g/mol. The van der Waals surface area contributed by atoms with Gasteiger partial charge in [0.15, 0.2) is 5.13 Å². The van der Waals surface area contributed by atoms with Gasteiger partial charge in [0.05, 0.1) is 11.6 Å². The molecule has 2 heterocycles. The lowest BCUT2D eigenvalue weighted by Gasteiger charge is -2.21. The van der Waals surface area contributed by atoms with E-state index in [1.165, 1.54) is 11.3 Å². The number of thiazole rings is 1.